The molecule has 0 bridgehead atoms. The van der Waals surface area contributed by atoms with E-state index in [9.17, 15) is 4.39 Å². The molecule has 0 amide bonds. The Bertz CT molecular complexity index is 267. The van der Waals surface area contributed by atoms with E-state index in [0.717, 1.165) is 0 Å². The van der Waals surface area contributed by atoms with Gasteiger partial charge in [0.2, 0.25) is 0 Å². The Labute approximate surface area is 83.6 Å². The third-order valence-corrected chi connectivity index (χ3v) is 2.12. The van der Waals surface area contributed by atoms with Crippen molar-refractivity contribution in [2.24, 2.45) is 0 Å². The standard InChI is InChI=1S/C8H7BrClFO/c1-2-12-5-3-6(9)8(11)7(10)4-5/h3-4H,2H2,1H3. The maximum Gasteiger partial charge on any atom is 0.156 e. The van der Waals surface area contributed by atoms with E-state index < -0.39 is 5.82 Å². The van der Waals surface area contributed by atoms with Crippen molar-refractivity contribution in [3.05, 3.63) is 27.4 Å². The van der Waals surface area contributed by atoms with Crippen LogP contribution in [0.3, 0.4) is 0 Å². The first-order valence-electron chi connectivity index (χ1n) is 3.42. The summed E-state index contributed by atoms with van der Waals surface area (Å²) in [7, 11) is 0. The van der Waals surface area contributed by atoms with Crippen LogP contribution in [0.1, 0.15) is 6.92 Å². The topological polar surface area (TPSA) is 9.23 Å². The van der Waals surface area contributed by atoms with E-state index in [2.05, 4.69) is 15.9 Å². The molecular formula is C8H7BrClFO. The highest BCUT2D eigenvalue weighted by Gasteiger charge is 2.06. The van der Waals surface area contributed by atoms with E-state index in [1.807, 2.05) is 6.92 Å². The molecule has 0 atom stereocenters. The van der Waals surface area contributed by atoms with Crippen LogP contribution >= 0.6 is 27.5 Å². The molecule has 66 valence electrons. The van der Waals surface area contributed by atoms with Crippen molar-refractivity contribution in [1.29, 1.82) is 0 Å². The van der Waals surface area contributed by atoms with Gasteiger partial charge in [0.25, 0.3) is 0 Å². The fraction of sp³-hybridized carbons (Fsp3) is 0.250. The van der Waals surface area contributed by atoms with E-state index in [1.165, 1.54) is 6.07 Å². The molecule has 0 unspecified atom stereocenters. The Morgan fingerprint density at radius 3 is 2.75 bits per heavy atom. The van der Waals surface area contributed by atoms with E-state index in [1.54, 1.807) is 6.07 Å². The van der Waals surface area contributed by atoms with Gasteiger partial charge in [0.05, 0.1) is 16.1 Å². The fourth-order valence-electron chi connectivity index (χ4n) is 0.782. The number of ether oxygens (including phenoxy) is 1. The third kappa shape index (κ3) is 2.11. The Kier molecular flexibility index (Phi) is 3.35. The van der Waals surface area contributed by atoms with Gasteiger partial charge in [-0.2, -0.15) is 0 Å². The maximum atomic E-state index is 12.9. The van der Waals surface area contributed by atoms with Gasteiger partial charge in [-0.3, -0.25) is 0 Å². The molecule has 0 fully saturated rings. The molecule has 0 radical (unpaired) electrons. The smallest absolute Gasteiger partial charge is 0.156 e. The Morgan fingerprint density at radius 2 is 2.25 bits per heavy atom. The lowest BCUT2D eigenvalue weighted by molar-refractivity contribution is 0.339. The Hall–Kier alpha value is -0.280. The Balaban J connectivity index is 3.04. The molecule has 0 aliphatic carbocycles. The van der Waals surface area contributed by atoms with Crippen LogP contribution in [0.25, 0.3) is 0 Å². The van der Waals surface area contributed by atoms with Gasteiger partial charge >= 0.3 is 0 Å². The van der Waals surface area contributed by atoms with Crippen molar-refractivity contribution in [1.82, 2.24) is 0 Å². The minimum absolute atomic E-state index is 0.0628. The average molecular weight is 253 g/mol. The van der Waals surface area contributed by atoms with Crippen LogP contribution in [-0.4, -0.2) is 6.61 Å². The SMILES string of the molecule is CCOc1cc(Cl)c(F)c(Br)c1. The third-order valence-electron chi connectivity index (χ3n) is 1.27. The van der Waals surface area contributed by atoms with Crippen LogP contribution in [0.4, 0.5) is 4.39 Å². The Morgan fingerprint density at radius 1 is 1.58 bits per heavy atom. The lowest BCUT2D eigenvalue weighted by Gasteiger charge is -2.04. The summed E-state index contributed by atoms with van der Waals surface area (Å²) >= 11 is 8.60. The summed E-state index contributed by atoms with van der Waals surface area (Å²) in [4.78, 5) is 0. The van der Waals surface area contributed by atoms with Gasteiger partial charge in [-0.05, 0) is 28.9 Å². The first-order chi connectivity index (χ1) is 5.65. The van der Waals surface area contributed by atoms with Crippen molar-refractivity contribution in [2.45, 2.75) is 6.92 Å². The zero-order chi connectivity index (χ0) is 9.14. The van der Waals surface area contributed by atoms with E-state index in [4.69, 9.17) is 16.3 Å². The quantitative estimate of drug-likeness (QED) is 0.731. The molecule has 0 N–H and O–H groups in total. The normalized spacial score (nSPS) is 10.0. The molecule has 1 nitrogen and oxygen atoms in total. The largest absolute Gasteiger partial charge is 0.494 e. The summed E-state index contributed by atoms with van der Waals surface area (Å²) < 4.78 is 18.4. The van der Waals surface area contributed by atoms with Crippen LogP contribution in [0.5, 0.6) is 5.75 Å². The van der Waals surface area contributed by atoms with Crippen LogP contribution in [0.2, 0.25) is 5.02 Å². The number of benzene rings is 1. The summed E-state index contributed by atoms with van der Waals surface area (Å²) in [5.41, 5.74) is 0. The van der Waals surface area contributed by atoms with Crippen molar-refractivity contribution in [2.75, 3.05) is 6.61 Å². The molecule has 12 heavy (non-hydrogen) atoms. The lowest BCUT2D eigenvalue weighted by Crippen LogP contribution is -1.92. The molecular weight excluding hydrogens is 246 g/mol. The monoisotopic (exact) mass is 252 g/mol. The van der Waals surface area contributed by atoms with Crippen LogP contribution in [0.15, 0.2) is 16.6 Å². The molecule has 4 heteroatoms. The van der Waals surface area contributed by atoms with Crippen LogP contribution in [-0.2, 0) is 0 Å². The van der Waals surface area contributed by atoms with Crippen molar-refractivity contribution in [3.63, 3.8) is 0 Å². The highest BCUT2D eigenvalue weighted by Crippen LogP contribution is 2.28. The number of hydrogen-bond acceptors (Lipinski definition) is 1. The van der Waals surface area contributed by atoms with Gasteiger partial charge in [0, 0.05) is 6.07 Å². The lowest BCUT2D eigenvalue weighted by atomic mass is 10.3. The number of halogens is 3. The first-order valence-corrected chi connectivity index (χ1v) is 4.59. The summed E-state index contributed by atoms with van der Waals surface area (Å²) in [5.74, 6) is 0.107. The summed E-state index contributed by atoms with van der Waals surface area (Å²) in [6.07, 6.45) is 0. The van der Waals surface area contributed by atoms with Crippen LogP contribution in [0, 0.1) is 5.82 Å². The molecule has 0 saturated heterocycles. The van der Waals surface area contributed by atoms with Gasteiger partial charge in [-0.25, -0.2) is 4.39 Å². The number of rotatable bonds is 2. The van der Waals surface area contributed by atoms with Gasteiger partial charge in [-0.15, -0.1) is 0 Å². The zero-order valence-electron chi connectivity index (χ0n) is 6.40. The van der Waals surface area contributed by atoms with Gasteiger partial charge in [0.15, 0.2) is 5.82 Å². The second kappa shape index (κ2) is 4.10. The summed E-state index contributed by atoms with van der Waals surface area (Å²) in [6, 6.07) is 3.00. The van der Waals surface area contributed by atoms with Gasteiger partial charge in [-0.1, -0.05) is 11.6 Å². The second-order valence-electron chi connectivity index (χ2n) is 2.13. The van der Waals surface area contributed by atoms with Crippen molar-refractivity contribution < 1.29 is 9.13 Å². The predicted octanol–water partition coefficient (Wildman–Crippen LogP) is 3.64. The van der Waals surface area contributed by atoms with E-state index in [-0.39, 0.29) is 5.02 Å². The molecule has 1 aromatic carbocycles. The molecule has 0 aliphatic heterocycles. The fourth-order valence-corrected chi connectivity index (χ4v) is 1.54. The molecule has 0 saturated carbocycles. The summed E-state index contributed by atoms with van der Waals surface area (Å²) in [5, 5.41) is 0.0628. The molecule has 0 spiro atoms. The van der Waals surface area contributed by atoms with Gasteiger partial charge in [0.1, 0.15) is 5.75 Å². The average Bonchev–Trinajstić information content (AvgIpc) is 2.01. The first kappa shape index (κ1) is 9.81. The van der Waals surface area contributed by atoms with E-state index >= 15 is 0 Å². The molecule has 1 aromatic rings. The molecule has 0 aromatic heterocycles. The maximum absolute atomic E-state index is 12.9. The second-order valence-corrected chi connectivity index (χ2v) is 3.40. The number of hydrogen-bond donors (Lipinski definition) is 0. The van der Waals surface area contributed by atoms with Gasteiger partial charge < -0.3 is 4.74 Å². The molecule has 1 rings (SSSR count). The highest BCUT2D eigenvalue weighted by molar-refractivity contribution is 9.10. The predicted molar refractivity (Wildman–Crippen MR) is 50.3 cm³/mol. The van der Waals surface area contributed by atoms with E-state index in [0.29, 0.717) is 16.8 Å². The summed E-state index contributed by atoms with van der Waals surface area (Å²) in [6.45, 7) is 2.39. The van der Waals surface area contributed by atoms with Crippen molar-refractivity contribution >= 4 is 27.5 Å². The zero-order valence-corrected chi connectivity index (χ0v) is 8.75. The highest BCUT2D eigenvalue weighted by atomic mass is 79.9. The molecule has 0 heterocycles. The molecule has 0 aliphatic rings. The van der Waals surface area contributed by atoms with Crippen LogP contribution < -0.4 is 4.74 Å². The minimum atomic E-state index is -0.458. The van der Waals surface area contributed by atoms with Crippen molar-refractivity contribution in [3.8, 4) is 5.75 Å². The minimum Gasteiger partial charge on any atom is -0.494 e.